The summed E-state index contributed by atoms with van der Waals surface area (Å²) in [7, 11) is 0. The molecule has 0 saturated carbocycles. The number of nitrogens with zero attached hydrogens (tertiary/aromatic N) is 2. The van der Waals surface area contributed by atoms with Gasteiger partial charge in [0.1, 0.15) is 5.69 Å². The number of aromatic amines is 1. The maximum absolute atomic E-state index is 13.3. The zero-order valence-corrected chi connectivity index (χ0v) is 13.3. The van der Waals surface area contributed by atoms with E-state index in [1.54, 1.807) is 44.2 Å². The molecule has 0 amide bonds. The van der Waals surface area contributed by atoms with E-state index in [0.29, 0.717) is 12.0 Å². The fraction of sp³-hybridized carbons (Fsp3) is 0.353. The Bertz CT molecular complexity index is 796. The number of nitriles is 1. The molecule has 24 heavy (non-hydrogen) atoms. The molecule has 0 fully saturated rings. The van der Waals surface area contributed by atoms with Crippen LogP contribution >= 0.6 is 0 Å². The van der Waals surface area contributed by atoms with Gasteiger partial charge in [-0.1, -0.05) is 30.3 Å². The molecular formula is C17H17F2N3O2. The summed E-state index contributed by atoms with van der Waals surface area (Å²) in [4.78, 5) is 18.3. The summed E-state index contributed by atoms with van der Waals surface area (Å²) in [6, 6.07) is 9.99. The number of alkyl halides is 2. The predicted octanol–water partition coefficient (Wildman–Crippen LogP) is 3.69. The summed E-state index contributed by atoms with van der Waals surface area (Å²) in [5.74, 6) is 0. The summed E-state index contributed by atoms with van der Waals surface area (Å²) >= 11 is 0. The molecule has 2 rings (SSSR count). The number of H-pyrrole nitrogens is 1. The zero-order valence-electron chi connectivity index (χ0n) is 13.3. The van der Waals surface area contributed by atoms with Gasteiger partial charge in [-0.05, 0) is 25.8 Å². The summed E-state index contributed by atoms with van der Waals surface area (Å²) in [6.45, 7) is 3.54. The lowest BCUT2D eigenvalue weighted by molar-refractivity contribution is 0.144. The smallest absolute Gasteiger partial charge is 0.296 e. The summed E-state index contributed by atoms with van der Waals surface area (Å²) in [5, 5.41) is 8.94. The van der Waals surface area contributed by atoms with Gasteiger partial charge in [0.05, 0.1) is 23.7 Å². The minimum atomic E-state index is -2.92. The molecule has 7 heteroatoms. The number of ether oxygens (including phenoxy) is 1. The molecule has 1 aromatic carbocycles. The van der Waals surface area contributed by atoms with Gasteiger partial charge in [-0.25, -0.2) is 8.78 Å². The number of nitrogens with one attached hydrogen (secondary N) is 1. The highest BCUT2D eigenvalue weighted by Gasteiger charge is 2.22. The van der Waals surface area contributed by atoms with Crippen molar-refractivity contribution < 1.29 is 13.5 Å². The van der Waals surface area contributed by atoms with Crippen LogP contribution < -0.4 is 10.3 Å². The largest absolute Gasteiger partial charge is 0.465 e. The van der Waals surface area contributed by atoms with Crippen molar-refractivity contribution in [2.75, 3.05) is 6.61 Å². The molecule has 5 nitrogen and oxygen atoms in total. The van der Waals surface area contributed by atoms with Gasteiger partial charge in [-0.2, -0.15) is 10.2 Å². The van der Waals surface area contributed by atoms with Crippen LogP contribution in [0.4, 0.5) is 8.78 Å². The molecule has 0 aliphatic carbocycles. The highest BCUT2D eigenvalue weighted by molar-refractivity contribution is 5.65. The Hall–Kier alpha value is -2.75. The Morgan fingerprint density at radius 1 is 1.33 bits per heavy atom. The Kier molecular flexibility index (Phi) is 5.29. The van der Waals surface area contributed by atoms with E-state index in [1.165, 1.54) is 0 Å². The van der Waals surface area contributed by atoms with Crippen LogP contribution in [0.1, 0.15) is 32.4 Å². The lowest BCUT2D eigenvalue weighted by Crippen LogP contribution is -2.19. The van der Waals surface area contributed by atoms with Crippen LogP contribution in [-0.2, 0) is 0 Å². The maximum atomic E-state index is 13.3. The fourth-order valence-electron chi connectivity index (χ4n) is 2.04. The normalized spacial score (nSPS) is 11.3. The average molecular weight is 333 g/mol. The molecule has 0 atom stereocenters. The van der Waals surface area contributed by atoms with Crippen molar-refractivity contribution in [3.05, 3.63) is 46.4 Å². The molecule has 1 heterocycles. The molecule has 0 saturated heterocycles. The minimum absolute atomic E-state index is 0.0802. The van der Waals surface area contributed by atoms with Crippen molar-refractivity contribution >= 4 is 0 Å². The SMILES string of the molecule is CC(C)(C#N)CCOc1nc(C(F)F)c(-c2ccccc2)c(=O)[nH]1. The topological polar surface area (TPSA) is 78.8 Å². The third-order valence-corrected chi connectivity index (χ3v) is 3.46. The summed E-state index contributed by atoms with van der Waals surface area (Å²) in [6.07, 6.45) is -2.54. The second kappa shape index (κ2) is 7.21. The molecule has 0 aliphatic rings. The van der Waals surface area contributed by atoms with E-state index in [9.17, 15) is 13.6 Å². The van der Waals surface area contributed by atoms with Crippen LogP contribution in [0.5, 0.6) is 6.01 Å². The van der Waals surface area contributed by atoms with Crippen LogP contribution in [0.25, 0.3) is 11.1 Å². The number of benzene rings is 1. The Balaban J connectivity index is 2.31. The highest BCUT2D eigenvalue weighted by atomic mass is 19.3. The van der Waals surface area contributed by atoms with E-state index in [1.807, 2.05) is 0 Å². The third kappa shape index (κ3) is 4.16. The number of hydrogen-bond acceptors (Lipinski definition) is 4. The van der Waals surface area contributed by atoms with Gasteiger partial charge in [0.15, 0.2) is 0 Å². The molecule has 0 unspecified atom stereocenters. The first kappa shape index (κ1) is 17.6. The van der Waals surface area contributed by atoms with E-state index >= 15 is 0 Å². The van der Waals surface area contributed by atoms with Crippen molar-refractivity contribution in [3.8, 4) is 23.2 Å². The molecule has 126 valence electrons. The van der Waals surface area contributed by atoms with Crippen LogP contribution in [0.2, 0.25) is 0 Å². The quantitative estimate of drug-likeness (QED) is 0.874. The van der Waals surface area contributed by atoms with E-state index in [-0.39, 0.29) is 18.2 Å². The van der Waals surface area contributed by atoms with Gasteiger partial charge in [0.2, 0.25) is 0 Å². The van der Waals surface area contributed by atoms with Crippen LogP contribution in [-0.4, -0.2) is 16.6 Å². The van der Waals surface area contributed by atoms with Crippen molar-refractivity contribution in [2.24, 2.45) is 5.41 Å². The molecule has 0 aliphatic heterocycles. The van der Waals surface area contributed by atoms with Gasteiger partial charge >= 0.3 is 0 Å². The average Bonchev–Trinajstić information content (AvgIpc) is 2.55. The van der Waals surface area contributed by atoms with Crippen molar-refractivity contribution in [2.45, 2.75) is 26.7 Å². The Morgan fingerprint density at radius 2 is 2.00 bits per heavy atom. The molecule has 2 aromatic rings. The number of rotatable bonds is 6. The van der Waals surface area contributed by atoms with Gasteiger partial charge in [0, 0.05) is 0 Å². The molecular weight excluding hydrogens is 316 g/mol. The monoisotopic (exact) mass is 333 g/mol. The second-order valence-corrected chi connectivity index (χ2v) is 5.89. The van der Waals surface area contributed by atoms with Gasteiger partial charge in [-0.3, -0.25) is 9.78 Å². The van der Waals surface area contributed by atoms with Crippen LogP contribution in [0.3, 0.4) is 0 Å². The molecule has 0 spiro atoms. The number of hydrogen-bond donors (Lipinski definition) is 1. The van der Waals surface area contributed by atoms with E-state index < -0.39 is 23.1 Å². The van der Waals surface area contributed by atoms with Crippen molar-refractivity contribution in [3.63, 3.8) is 0 Å². The van der Waals surface area contributed by atoms with Crippen LogP contribution in [0.15, 0.2) is 35.1 Å². The van der Waals surface area contributed by atoms with Crippen LogP contribution in [0, 0.1) is 16.7 Å². The Morgan fingerprint density at radius 3 is 2.58 bits per heavy atom. The molecule has 0 bridgehead atoms. The van der Waals surface area contributed by atoms with E-state index in [4.69, 9.17) is 10.00 Å². The maximum Gasteiger partial charge on any atom is 0.296 e. The van der Waals surface area contributed by atoms with E-state index in [0.717, 1.165) is 0 Å². The van der Waals surface area contributed by atoms with Gasteiger partial charge < -0.3 is 4.74 Å². The fourth-order valence-corrected chi connectivity index (χ4v) is 2.04. The number of halogens is 2. The summed E-state index contributed by atoms with van der Waals surface area (Å²) in [5.41, 5.74) is -1.75. The zero-order chi connectivity index (χ0) is 17.7. The first-order chi connectivity index (χ1) is 11.3. The van der Waals surface area contributed by atoms with E-state index in [2.05, 4.69) is 16.0 Å². The predicted molar refractivity (Wildman–Crippen MR) is 84.8 cm³/mol. The molecule has 0 radical (unpaired) electrons. The highest BCUT2D eigenvalue weighted by Crippen LogP contribution is 2.27. The molecule has 1 N–H and O–H groups in total. The standard InChI is InChI=1S/C17H17F2N3O2/c1-17(2,10-20)8-9-24-16-21-13(14(18)19)12(15(23)22-16)11-6-4-3-5-7-11/h3-7,14H,8-9H2,1-2H3,(H,21,22,23). The summed E-state index contributed by atoms with van der Waals surface area (Å²) < 4.78 is 31.9. The first-order valence-electron chi connectivity index (χ1n) is 7.36. The lowest BCUT2D eigenvalue weighted by Gasteiger charge is -2.15. The molecule has 1 aromatic heterocycles. The van der Waals surface area contributed by atoms with Crippen molar-refractivity contribution in [1.82, 2.24) is 9.97 Å². The van der Waals surface area contributed by atoms with Crippen molar-refractivity contribution in [1.29, 1.82) is 5.26 Å². The lowest BCUT2D eigenvalue weighted by atomic mass is 9.92. The minimum Gasteiger partial charge on any atom is -0.465 e. The second-order valence-electron chi connectivity index (χ2n) is 5.89. The Labute approximate surface area is 137 Å². The van der Waals surface area contributed by atoms with Gasteiger partial charge in [0.25, 0.3) is 18.0 Å². The number of aromatic nitrogens is 2. The third-order valence-electron chi connectivity index (χ3n) is 3.46. The first-order valence-corrected chi connectivity index (χ1v) is 7.36. The van der Waals surface area contributed by atoms with Gasteiger partial charge in [-0.15, -0.1) is 0 Å².